The second-order valence-electron chi connectivity index (χ2n) is 9.22. The average Bonchev–Trinajstić information content (AvgIpc) is 3.55. The molecule has 0 unspecified atom stereocenters. The third-order valence-electron chi connectivity index (χ3n) is 6.64. The highest BCUT2D eigenvalue weighted by Gasteiger charge is 2.40. The van der Waals surface area contributed by atoms with Crippen molar-refractivity contribution in [3.63, 3.8) is 0 Å². The van der Waals surface area contributed by atoms with E-state index in [0.717, 1.165) is 33.1 Å². The third kappa shape index (κ3) is 4.73. The number of thiazole rings is 1. The summed E-state index contributed by atoms with van der Waals surface area (Å²) in [6, 6.07) is 10.0. The van der Waals surface area contributed by atoms with Crippen molar-refractivity contribution >= 4 is 34.1 Å². The highest BCUT2D eigenvalue weighted by Crippen LogP contribution is 2.41. The number of anilines is 2. The zero-order chi connectivity index (χ0) is 24.7. The quantitative estimate of drug-likeness (QED) is 0.468. The molecular weight excluding hydrogens is 462 g/mol. The van der Waals surface area contributed by atoms with Gasteiger partial charge in [-0.1, -0.05) is 23.5 Å². The van der Waals surface area contributed by atoms with E-state index in [0.29, 0.717) is 35.5 Å². The lowest BCUT2D eigenvalue weighted by atomic mass is 10.1. The van der Waals surface area contributed by atoms with Crippen molar-refractivity contribution in [1.29, 1.82) is 0 Å². The molecule has 0 saturated heterocycles. The van der Waals surface area contributed by atoms with Crippen LogP contribution in [0.25, 0.3) is 10.6 Å². The lowest BCUT2D eigenvalue weighted by Gasteiger charge is -2.24. The highest BCUT2D eigenvalue weighted by molar-refractivity contribution is 7.19. The van der Waals surface area contributed by atoms with Gasteiger partial charge in [0.1, 0.15) is 11.6 Å². The standard InChI is InChI=1S/C26H29N5O3S/c1-14-23(35-26(28-14)29-16(3)32)21-11-19-13-31(15(2)18-7-8-18)25(33)22(19)24(30-21)27-12-17-5-9-20(34-4)10-6-17/h5-6,9-11,15,18H,7-8,12-13H2,1-4H3,(H,27,30)(H,28,29,32)/t15-/m0/s1. The molecule has 0 spiro atoms. The minimum absolute atomic E-state index is 0.0376. The Morgan fingerprint density at radius 1 is 1.26 bits per heavy atom. The smallest absolute Gasteiger partial charge is 0.258 e. The molecule has 0 radical (unpaired) electrons. The number of nitrogens with one attached hydrogen (secondary N) is 2. The topological polar surface area (TPSA) is 96.5 Å². The first kappa shape index (κ1) is 23.3. The predicted octanol–water partition coefficient (Wildman–Crippen LogP) is 4.85. The molecule has 1 aromatic carbocycles. The summed E-state index contributed by atoms with van der Waals surface area (Å²) in [7, 11) is 1.64. The van der Waals surface area contributed by atoms with Crippen LogP contribution >= 0.6 is 11.3 Å². The van der Waals surface area contributed by atoms with Gasteiger partial charge in [0.05, 0.1) is 28.9 Å². The number of aryl methyl sites for hydroxylation is 1. The lowest BCUT2D eigenvalue weighted by Crippen LogP contribution is -2.34. The van der Waals surface area contributed by atoms with Gasteiger partial charge in [0, 0.05) is 26.1 Å². The Bertz CT molecular complexity index is 1280. The van der Waals surface area contributed by atoms with E-state index in [2.05, 4.69) is 22.5 Å². The first-order valence-electron chi connectivity index (χ1n) is 11.8. The summed E-state index contributed by atoms with van der Waals surface area (Å²) < 4.78 is 5.25. The van der Waals surface area contributed by atoms with Crippen LogP contribution in [0.3, 0.4) is 0 Å². The van der Waals surface area contributed by atoms with Gasteiger partial charge in [-0.05, 0) is 61.9 Å². The molecule has 0 bridgehead atoms. The molecule has 2 amide bonds. The number of fused-ring (bicyclic) bond motifs is 1. The first-order chi connectivity index (χ1) is 16.8. The number of nitrogens with zero attached hydrogens (tertiary/aromatic N) is 3. The van der Waals surface area contributed by atoms with E-state index in [9.17, 15) is 9.59 Å². The van der Waals surface area contributed by atoms with Crippen LogP contribution in [-0.2, 0) is 17.9 Å². The minimum Gasteiger partial charge on any atom is -0.497 e. The van der Waals surface area contributed by atoms with Crippen molar-refractivity contribution in [1.82, 2.24) is 14.9 Å². The molecule has 1 aliphatic heterocycles. The molecule has 8 nitrogen and oxygen atoms in total. The summed E-state index contributed by atoms with van der Waals surface area (Å²) in [4.78, 5) is 37.3. The van der Waals surface area contributed by atoms with Crippen LogP contribution in [-0.4, -0.2) is 39.8 Å². The number of methoxy groups -OCH3 is 1. The van der Waals surface area contributed by atoms with Crippen molar-refractivity contribution in [2.45, 2.75) is 52.7 Å². The zero-order valence-electron chi connectivity index (χ0n) is 20.3. The fraction of sp³-hybridized carbons (Fsp3) is 0.385. The van der Waals surface area contributed by atoms with E-state index in [-0.39, 0.29) is 17.9 Å². The molecule has 9 heteroatoms. The van der Waals surface area contributed by atoms with E-state index in [4.69, 9.17) is 9.72 Å². The van der Waals surface area contributed by atoms with Crippen LogP contribution in [0, 0.1) is 12.8 Å². The van der Waals surface area contributed by atoms with Crippen LogP contribution in [0.1, 0.15) is 53.9 Å². The summed E-state index contributed by atoms with van der Waals surface area (Å²) in [5.74, 6) is 1.84. The second kappa shape index (κ2) is 9.30. The number of benzene rings is 1. The number of pyridine rings is 1. The van der Waals surface area contributed by atoms with Crippen LogP contribution in [0.15, 0.2) is 30.3 Å². The molecule has 2 aromatic heterocycles. The van der Waals surface area contributed by atoms with Crippen LogP contribution < -0.4 is 15.4 Å². The molecule has 182 valence electrons. The maximum absolute atomic E-state index is 13.5. The number of carbonyl (C=O) groups is 2. The van der Waals surface area contributed by atoms with Gasteiger partial charge in [0.25, 0.3) is 5.91 Å². The molecule has 3 aromatic rings. The second-order valence-corrected chi connectivity index (χ2v) is 10.2. The number of hydrogen-bond acceptors (Lipinski definition) is 7. The molecule has 5 rings (SSSR count). The fourth-order valence-corrected chi connectivity index (χ4v) is 5.51. The summed E-state index contributed by atoms with van der Waals surface area (Å²) in [6.45, 7) is 6.62. The Kier molecular flexibility index (Phi) is 6.19. The number of carbonyl (C=O) groups excluding carboxylic acids is 2. The Morgan fingerprint density at radius 3 is 2.66 bits per heavy atom. The number of ether oxygens (including phenoxy) is 1. The van der Waals surface area contributed by atoms with Gasteiger partial charge in [-0.3, -0.25) is 9.59 Å². The molecule has 1 saturated carbocycles. The van der Waals surface area contributed by atoms with Gasteiger partial charge in [-0.25, -0.2) is 9.97 Å². The van der Waals surface area contributed by atoms with Crippen LogP contribution in [0.4, 0.5) is 10.9 Å². The molecule has 1 fully saturated rings. The molecule has 2 aliphatic rings. The Morgan fingerprint density at radius 2 is 2.00 bits per heavy atom. The van der Waals surface area contributed by atoms with Crippen molar-refractivity contribution in [3.05, 3.63) is 52.7 Å². The van der Waals surface area contributed by atoms with Gasteiger partial charge >= 0.3 is 0 Å². The number of rotatable bonds is 8. The van der Waals surface area contributed by atoms with Crippen molar-refractivity contribution in [2.75, 3.05) is 17.7 Å². The van der Waals surface area contributed by atoms with Crippen molar-refractivity contribution in [2.24, 2.45) is 5.92 Å². The fourth-order valence-electron chi connectivity index (χ4n) is 4.53. The van der Waals surface area contributed by atoms with Gasteiger partial charge in [0.2, 0.25) is 5.91 Å². The van der Waals surface area contributed by atoms with Gasteiger partial charge in [-0.15, -0.1) is 0 Å². The van der Waals surface area contributed by atoms with Crippen LogP contribution in [0.2, 0.25) is 0 Å². The lowest BCUT2D eigenvalue weighted by molar-refractivity contribution is -0.114. The number of aromatic nitrogens is 2. The zero-order valence-corrected chi connectivity index (χ0v) is 21.2. The molecule has 35 heavy (non-hydrogen) atoms. The summed E-state index contributed by atoms with van der Waals surface area (Å²) in [5.41, 5.74) is 4.22. The normalized spacial score (nSPS) is 15.7. The Labute approximate surface area is 208 Å². The molecule has 2 N–H and O–H groups in total. The van der Waals surface area contributed by atoms with E-state index in [1.165, 1.54) is 31.1 Å². The maximum Gasteiger partial charge on any atom is 0.258 e. The van der Waals surface area contributed by atoms with E-state index in [1.54, 1.807) is 7.11 Å². The van der Waals surface area contributed by atoms with Crippen molar-refractivity contribution < 1.29 is 14.3 Å². The van der Waals surface area contributed by atoms with E-state index in [1.807, 2.05) is 42.2 Å². The number of hydrogen-bond donors (Lipinski definition) is 2. The van der Waals surface area contributed by atoms with E-state index >= 15 is 0 Å². The maximum atomic E-state index is 13.5. The summed E-state index contributed by atoms with van der Waals surface area (Å²) in [6.07, 6.45) is 2.36. The predicted molar refractivity (Wildman–Crippen MR) is 137 cm³/mol. The summed E-state index contributed by atoms with van der Waals surface area (Å²) in [5, 5.41) is 6.72. The third-order valence-corrected chi connectivity index (χ3v) is 7.74. The summed E-state index contributed by atoms with van der Waals surface area (Å²) >= 11 is 1.39. The van der Waals surface area contributed by atoms with Gasteiger partial charge in [0.15, 0.2) is 5.13 Å². The Balaban J connectivity index is 1.50. The first-order valence-corrected chi connectivity index (χ1v) is 12.6. The molecule has 3 heterocycles. The highest BCUT2D eigenvalue weighted by atomic mass is 32.1. The average molecular weight is 492 g/mol. The monoisotopic (exact) mass is 491 g/mol. The molecular formula is C26H29N5O3S. The van der Waals surface area contributed by atoms with Crippen molar-refractivity contribution in [3.8, 4) is 16.3 Å². The van der Waals surface area contributed by atoms with Gasteiger partial charge in [-0.2, -0.15) is 0 Å². The largest absolute Gasteiger partial charge is 0.497 e. The molecule has 1 aliphatic carbocycles. The SMILES string of the molecule is COc1ccc(CNc2nc(-c3sc(NC(C)=O)nc3C)cc3c2C(=O)N([C@@H](C)C2CC2)C3)cc1. The van der Waals surface area contributed by atoms with E-state index < -0.39 is 0 Å². The number of amides is 2. The minimum atomic E-state index is -0.163. The van der Waals surface area contributed by atoms with Gasteiger partial charge < -0.3 is 20.3 Å². The Hall–Kier alpha value is -3.46. The molecule has 1 atom stereocenters. The van der Waals surface area contributed by atoms with Crippen LogP contribution in [0.5, 0.6) is 5.75 Å².